The fourth-order valence-corrected chi connectivity index (χ4v) is 3.96. The topological polar surface area (TPSA) is 66.4 Å². The molecule has 0 aliphatic carbocycles. The maximum absolute atomic E-state index is 12.8. The molecule has 122 valence electrons. The minimum absolute atomic E-state index is 0.0398. The monoisotopic (exact) mass is 359 g/mol. The van der Waals surface area contributed by atoms with Gasteiger partial charge in [0, 0.05) is 5.56 Å². The Kier molecular flexibility index (Phi) is 4.46. The molecular weight excluding hydrogens is 346 g/mol. The van der Waals surface area contributed by atoms with E-state index in [1.54, 1.807) is 18.2 Å². The Balaban J connectivity index is 2.09. The number of phenolic OH excluding ortho intramolecular Hbond substituents is 1. The molecule has 0 atom stereocenters. The number of hydrogen-bond donors (Lipinski definition) is 2. The molecule has 6 heteroatoms. The molecule has 0 bridgehead atoms. The highest BCUT2D eigenvalue weighted by atomic mass is 35.5. The summed E-state index contributed by atoms with van der Waals surface area (Å²) in [4.78, 5) is 0.107. The van der Waals surface area contributed by atoms with Crippen LogP contribution in [0.4, 0.5) is 5.69 Å². The van der Waals surface area contributed by atoms with Crippen molar-refractivity contribution < 1.29 is 13.5 Å². The molecule has 0 spiro atoms. The van der Waals surface area contributed by atoms with Crippen molar-refractivity contribution >= 4 is 27.3 Å². The summed E-state index contributed by atoms with van der Waals surface area (Å²) >= 11 is 5.99. The standard InChI is InChI=1S/C18H14ClNO3S/c19-15-10-6-11-16(21)18(15)20-24(22,23)17-12-5-4-9-14(17)13-7-2-1-3-8-13/h1-12,20-21H. The van der Waals surface area contributed by atoms with E-state index in [2.05, 4.69) is 4.72 Å². The van der Waals surface area contributed by atoms with Gasteiger partial charge in [0.1, 0.15) is 11.4 Å². The zero-order valence-corrected chi connectivity index (χ0v) is 14.1. The highest BCUT2D eigenvalue weighted by molar-refractivity contribution is 7.92. The summed E-state index contributed by atoms with van der Waals surface area (Å²) in [6.45, 7) is 0. The van der Waals surface area contributed by atoms with Crippen LogP contribution in [0.25, 0.3) is 11.1 Å². The van der Waals surface area contributed by atoms with E-state index in [0.29, 0.717) is 5.56 Å². The van der Waals surface area contributed by atoms with Gasteiger partial charge in [-0.3, -0.25) is 4.72 Å². The lowest BCUT2D eigenvalue weighted by Gasteiger charge is -2.14. The lowest BCUT2D eigenvalue weighted by molar-refractivity contribution is 0.477. The molecule has 3 aromatic rings. The Hall–Kier alpha value is -2.50. The Morgan fingerprint density at radius 2 is 1.50 bits per heavy atom. The Bertz CT molecular complexity index is 952. The summed E-state index contributed by atoms with van der Waals surface area (Å²) in [5.41, 5.74) is 1.31. The Morgan fingerprint density at radius 3 is 2.21 bits per heavy atom. The SMILES string of the molecule is O=S(=O)(Nc1c(O)cccc1Cl)c1ccccc1-c1ccccc1. The zero-order chi connectivity index (χ0) is 17.2. The molecule has 0 saturated heterocycles. The van der Waals surface area contributed by atoms with E-state index in [-0.39, 0.29) is 21.4 Å². The van der Waals surface area contributed by atoms with Crippen LogP contribution < -0.4 is 4.72 Å². The van der Waals surface area contributed by atoms with Gasteiger partial charge in [0.05, 0.1) is 9.92 Å². The van der Waals surface area contributed by atoms with E-state index in [4.69, 9.17) is 11.6 Å². The highest BCUT2D eigenvalue weighted by Crippen LogP contribution is 2.35. The number of para-hydroxylation sites is 1. The summed E-state index contributed by atoms with van der Waals surface area (Å²) in [5.74, 6) is -0.233. The number of anilines is 1. The molecule has 3 rings (SSSR count). The summed E-state index contributed by atoms with van der Waals surface area (Å²) in [5, 5.41) is 10.00. The molecule has 0 unspecified atom stereocenters. The summed E-state index contributed by atoms with van der Waals surface area (Å²) in [7, 11) is -3.93. The van der Waals surface area contributed by atoms with Crippen LogP contribution in [0.1, 0.15) is 0 Å². The fraction of sp³-hybridized carbons (Fsp3) is 0. The first-order valence-electron chi connectivity index (χ1n) is 7.14. The van der Waals surface area contributed by atoms with Gasteiger partial charge in [-0.2, -0.15) is 0 Å². The van der Waals surface area contributed by atoms with Crippen molar-refractivity contribution in [3.05, 3.63) is 77.8 Å². The first-order chi connectivity index (χ1) is 11.5. The average molecular weight is 360 g/mol. The van der Waals surface area contributed by atoms with E-state index < -0.39 is 10.0 Å². The largest absolute Gasteiger partial charge is 0.506 e. The number of rotatable bonds is 4. The molecule has 2 N–H and O–H groups in total. The van der Waals surface area contributed by atoms with Crippen LogP contribution in [-0.2, 0) is 10.0 Å². The van der Waals surface area contributed by atoms with Crippen molar-refractivity contribution in [2.24, 2.45) is 0 Å². The zero-order valence-electron chi connectivity index (χ0n) is 12.5. The first-order valence-corrected chi connectivity index (χ1v) is 9.00. The third-order valence-corrected chi connectivity index (χ3v) is 5.21. The number of halogens is 1. The fourth-order valence-electron chi connectivity index (χ4n) is 2.36. The van der Waals surface area contributed by atoms with Gasteiger partial charge in [0.15, 0.2) is 0 Å². The van der Waals surface area contributed by atoms with Crippen LogP contribution in [0.5, 0.6) is 5.75 Å². The minimum atomic E-state index is -3.93. The van der Waals surface area contributed by atoms with Crippen molar-refractivity contribution in [3.8, 4) is 16.9 Å². The van der Waals surface area contributed by atoms with Crippen LogP contribution >= 0.6 is 11.6 Å². The molecule has 4 nitrogen and oxygen atoms in total. The van der Waals surface area contributed by atoms with Crippen molar-refractivity contribution in [2.75, 3.05) is 4.72 Å². The van der Waals surface area contributed by atoms with Gasteiger partial charge in [0.25, 0.3) is 10.0 Å². The molecule has 0 aliphatic rings. The molecule has 3 aromatic carbocycles. The molecule has 0 radical (unpaired) electrons. The van der Waals surface area contributed by atoms with E-state index in [9.17, 15) is 13.5 Å². The normalized spacial score (nSPS) is 11.2. The number of sulfonamides is 1. The maximum Gasteiger partial charge on any atom is 0.262 e. The highest BCUT2D eigenvalue weighted by Gasteiger charge is 2.21. The van der Waals surface area contributed by atoms with Crippen LogP contribution in [0.3, 0.4) is 0 Å². The third kappa shape index (κ3) is 3.22. The molecule has 0 amide bonds. The second-order valence-electron chi connectivity index (χ2n) is 5.10. The van der Waals surface area contributed by atoms with E-state index in [0.717, 1.165) is 5.56 Å². The smallest absolute Gasteiger partial charge is 0.262 e. The van der Waals surface area contributed by atoms with Crippen LogP contribution in [0.2, 0.25) is 5.02 Å². The quantitative estimate of drug-likeness (QED) is 0.673. The van der Waals surface area contributed by atoms with Gasteiger partial charge in [-0.1, -0.05) is 66.2 Å². The molecule has 0 saturated carbocycles. The molecule has 0 fully saturated rings. The predicted molar refractivity (Wildman–Crippen MR) is 95.8 cm³/mol. The van der Waals surface area contributed by atoms with Gasteiger partial charge in [-0.25, -0.2) is 8.42 Å². The number of nitrogens with one attached hydrogen (secondary N) is 1. The summed E-state index contributed by atoms with van der Waals surface area (Å²) in [6, 6.07) is 20.3. The second-order valence-corrected chi connectivity index (χ2v) is 7.16. The molecule has 0 heterocycles. The summed E-state index contributed by atoms with van der Waals surface area (Å²) in [6.07, 6.45) is 0. The molecule has 0 aliphatic heterocycles. The number of aromatic hydroxyl groups is 1. The number of hydrogen-bond acceptors (Lipinski definition) is 3. The van der Waals surface area contributed by atoms with E-state index >= 15 is 0 Å². The molecule has 24 heavy (non-hydrogen) atoms. The van der Waals surface area contributed by atoms with Crippen molar-refractivity contribution in [1.82, 2.24) is 0 Å². The van der Waals surface area contributed by atoms with Crippen LogP contribution in [-0.4, -0.2) is 13.5 Å². The number of benzene rings is 3. The predicted octanol–water partition coefficient (Wildman–Crippen LogP) is 4.51. The van der Waals surface area contributed by atoms with Gasteiger partial charge in [-0.15, -0.1) is 0 Å². The Morgan fingerprint density at radius 1 is 0.833 bits per heavy atom. The van der Waals surface area contributed by atoms with Crippen molar-refractivity contribution in [1.29, 1.82) is 0 Å². The maximum atomic E-state index is 12.8. The third-order valence-electron chi connectivity index (χ3n) is 3.49. The van der Waals surface area contributed by atoms with Gasteiger partial charge in [-0.05, 0) is 23.8 Å². The summed E-state index contributed by atoms with van der Waals surface area (Å²) < 4.78 is 28.0. The van der Waals surface area contributed by atoms with E-state index in [1.165, 1.54) is 24.3 Å². The van der Waals surface area contributed by atoms with Crippen LogP contribution in [0.15, 0.2) is 77.7 Å². The Labute approximate surface area is 145 Å². The van der Waals surface area contributed by atoms with Gasteiger partial charge >= 0.3 is 0 Å². The molecule has 0 aromatic heterocycles. The van der Waals surface area contributed by atoms with Gasteiger partial charge in [0.2, 0.25) is 0 Å². The van der Waals surface area contributed by atoms with Crippen molar-refractivity contribution in [2.45, 2.75) is 4.90 Å². The average Bonchev–Trinajstić information content (AvgIpc) is 2.59. The van der Waals surface area contributed by atoms with E-state index in [1.807, 2.05) is 30.3 Å². The minimum Gasteiger partial charge on any atom is -0.506 e. The van der Waals surface area contributed by atoms with Crippen molar-refractivity contribution in [3.63, 3.8) is 0 Å². The van der Waals surface area contributed by atoms with Crippen LogP contribution in [0, 0.1) is 0 Å². The second kappa shape index (κ2) is 6.55. The van der Waals surface area contributed by atoms with Gasteiger partial charge < -0.3 is 5.11 Å². The lowest BCUT2D eigenvalue weighted by Crippen LogP contribution is -2.14. The molecular formula is C18H14ClNO3S. The first kappa shape index (κ1) is 16.4. The lowest BCUT2D eigenvalue weighted by atomic mass is 10.1. The number of phenols is 1.